The number of hydrogen-bond acceptors (Lipinski definition) is 2. The first kappa shape index (κ1) is 19.0. The van der Waals surface area contributed by atoms with Crippen LogP contribution in [0.5, 0.6) is 0 Å². The smallest absolute Gasteiger partial charge is 0.326 e. The molecule has 0 radical (unpaired) electrons. The third-order valence-electron chi connectivity index (χ3n) is 4.20. The van der Waals surface area contributed by atoms with Crippen LogP contribution in [-0.4, -0.2) is 34.3 Å². The maximum atomic E-state index is 12.7. The average molecular weight is 348 g/mol. The Morgan fingerprint density at radius 3 is 2.52 bits per heavy atom. The van der Waals surface area contributed by atoms with E-state index >= 15 is 0 Å². The number of carbonyl (C=O) groups is 2. The number of amides is 1. The Kier molecular flexibility index (Phi) is 5.82. The van der Waals surface area contributed by atoms with Gasteiger partial charge in [0.2, 0.25) is 0 Å². The SMILES string of the molecule is CC(C)(C)[C@H](NC(=O)c1cn(CCCCF)c2ccccc12)C(=O)O. The van der Waals surface area contributed by atoms with Gasteiger partial charge in [0, 0.05) is 23.6 Å². The number of carbonyl (C=O) groups excluding carboxylic acids is 1. The number of benzene rings is 1. The third-order valence-corrected chi connectivity index (χ3v) is 4.20. The first-order valence-electron chi connectivity index (χ1n) is 8.43. The predicted octanol–water partition coefficient (Wildman–Crippen LogP) is 3.62. The normalized spacial score (nSPS) is 13.0. The van der Waals surface area contributed by atoms with Crippen LogP contribution in [0.25, 0.3) is 10.9 Å². The molecule has 2 rings (SSSR count). The number of aryl methyl sites for hydroxylation is 1. The second kappa shape index (κ2) is 7.68. The van der Waals surface area contributed by atoms with Crippen LogP contribution >= 0.6 is 0 Å². The van der Waals surface area contributed by atoms with Crippen LogP contribution in [0.1, 0.15) is 44.0 Å². The molecule has 0 bridgehead atoms. The van der Waals surface area contributed by atoms with E-state index in [0.717, 1.165) is 10.9 Å². The second-order valence-corrected chi connectivity index (χ2v) is 7.26. The Bertz CT molecular complexity index is 762. The molecule has 6 heteroatoms. The van der Waals surface area contributed by atoms with Gasteiger partial charge in [0.1, 0.15) is 6.04 Å². The van der Waals surface area contributed by atoms with E-state index < -0.39 is 23.3 Å². The fraction of sp³-hybridized carbons (Fsp3) is 0.474. The molecule has 1 atom stereocenters. The lowest BCUT2D eigenvalue weighted by atomic mass is 9.86. The number of alkyl halides is 1. The molecule has 0 fully saturated rings. The molecule has 5 nitrogen and oxygen atoms in total. The molecule has 0 aliphatic heterocycles. The highest BCUT2D eigenvalue weighted by Gasteiger charge is 2.33. The van der Waals surface area contributed by atoms with E-state index in [4.69, 9.17) is 0 Å². The van der Waals surface area contributed by atoms with Crippen LogP contribution in [0.4, 0.5) is 4.39 Å². The van der Waals surface area contributed by atoms with Crippen molar-refractivity contribution in [3.05, 3.63) is 36.0 Å². The highest BCUT2D eigenvalue weighted by atomic mass is 19.1. The summed E-state index contributed by atoms with van der Waals surface area (Å²) < 4.78 is 14.3. The molecule has 0 spiro atoms. The summed E-state index contributed by atoms with van der Waals surface area (Å²) in [6.45, 7) is 5.56. The van der Waals surface area contributed by atoms with Crippen molar-refractivity contribution in [2.45, 2.75) is 46.2 Å². The number of aliphatic carboxylic acids is 1. The first-order chi connectivity index (χ1) is 11.8. The number of nitrogens with zero attached hydrogens (tertiary/aromatic N) is 1. The summed E-state index contributed by atoms with van der Waals surface area (Å²) in [4.78, 5) is 24.2. The zero-order valence-electron chi connectivity index (χ0n) is 14.9. The Hall–Kier alpha value is -2.37. The number of unbranched alkanes of at least 4 members (excludes halogenated alkanes) is 1. The van der Waals surface area contributed by atoms with Gasteiger partial charge in [-0.25, -0.2) is 4.79 Å². The van der Waals surface area contributed by atoms with Crippen molar-refractivity contribution >= 4 is 22.8 Å². The van der Waals surface area contributed by atoms with Gasteiger partial charge < -0.3 is 15.0 Å². The topological polar surface area (TPSA) is 71.3 Å². The van der Waals surface area contributed by atoms with Crippen LogP contribution < -0.4 is 5.32 Å². The number of nitrogens with one attached hydrogen (secondary N) is 1. The molecule has 0 unspecified atom stereocenters. The quantitative estimate of drug-likeness (QED) is 0.751. The lowest BCUT2D eigenvalue weighted by Crippen LogP contribution is -2.49. The van der Waals surface area contributed by atoms with E-state index in [1.54, 1.807) is 27.0 Å². The summed E-state index contributed by atoms with van der Waals surface area (Å²) >= 11 is 0. The molecule has 1 heterocycles. The van der Waals surface area contributed by atoms with Gasteiger partial charge in [-0.2, -0.15) is 0 Å². The number of rotatable bonds is 7. The number of carboxylic acid groups (broad SMARTS) is 1. The molecule has 1 aromatic carbocycles. The van der Waals surface area contributed by atoms with Gasteiger partial charge in [-0.1, -0.05) is 39.0 Å². The van der Waals surface area contributed by atoms with Crippen LogP contribution in [0, 0.1) is 5.41 Å². The Morgan fingerprint density at radius 2 is 1.92 bits per heavy atom. The van der Waals surface area contributed by atoms with Crippen LogP contribution in [0.15, 0.2) is 30.5 Å². The second-order valence-electron chi connectivity index (χ2n) is 7.26. The van der Waals surface area contributed by atoms with E-state index in [1.165, 1.54) is 0 Å². The summed E-state index contributed by atoms with van der Waals surface area (Å²) in [5.74, 6) is -1.48. The van der Waals surface area contributed by atoms with Crippen molar-refractivity contribution in [1.29, 1.82) is 0 Å². The van der Waals surface area contributed by atoms with Crippen molar-refractivity contribution in [3.8, 4) is 0 Å². The Balaban J connectivity index is 2.33. The fourth-order valence-corrected chi connectivity index (χ4v) is 2.85. The first-order valence-corrected chi connectivity index (χ1v) is 8.43. The number of halogens is 1. The molecule has 1 aromatic heterocycles. The summed E-state index contributed by atoms with van der Waals surface area (Å²) in [5, 5.41) is 12.8. The van der Waals surface area contributed by atoms with Crippen LogP contribution in [0.3, 0.4) is 0 Å². The monoisotopic (exact) mass is 348 g/mol. The lowest BCUT2D eigenvalue weighted by molar-refractivity contribution is -0.142. The van der Waals surface area contributed by atoms with E-state index in [2.05, 4.69) is 5.32 Å². The van der Waals surface area contributed by atoms with Crippen molar-refractivity contribution < 1.29 is 19.1 Å². The zero-order valence-corrected chi connectivity index (χ0v) is 14.9. The summed E-state index contributed by atoms with van der Waals surface area (Å²) in [6.07, 6.45) is 2.87. The number of carboxylic acids is 1. The van der Waals surface area contributed by atoms with E-state index in [1.807, 2.05) is 28.8 Å². The number of hydrogen-bond donors (Lipinski definition) is 2. The molecular formula is C19H25FN2O3. The van der Waals surface area contributed by atoms with Gasteiger partial charge in [-0.05, 0) is 24.3 Å². The standard InChI is InChI=1S/C19H25FN2O3/c1-19(2,3)16(18(24)25)21-17(23)14-12-22(11-7-6-10-20)15-9-5-4-8-13(14)15/h4-5,8-9,12,16H,6-7,10-11H2,1-3H3,(H,21,23)(H,24,25)/t16-/m1/s1. The van der Waals surface area contributed by atoms with Gasteiger partial charge in [0.05, 0.1) is 12.2 Å². The van der Waals surface area contributed by atoms with Crippen molar-refractivity contribution in [1.82, 2.24) is 9.88 Å². The van der Waals surface area contributed by atoms with Crippen LogP contribution in [0.2, 0.25) is 0 Å². The molecule has 25 heavy (non-hydrogen) atoms. The fourth-order valence-electron chi connectivity index (χ4n) is 2.85. The van der Waals surface area contributed by atoms with Gasteiger partial charge >= 0.3 is 5.97 Å². The van der Waals surface area contributed by atoms with Gasteiger partial charge in [0.15, 0.2) is 0 Å². The summed E-state index contributed by atoms with van der Waals surface area (Å²) in [7, 11) is 0. The predicted molar refractivity (Wildman–Crippen MR) is 95.5 cm³/mol. The zero-order chi connectivity index (χ0) is 18.6. The highest BCUT2D eigenvalue weighted by Crippen LogP contribution is 2.24. The minimum atomic E-state index is -1.06. The molecule has 136 valence electrons. The maximum Gasteiger partial charge on any atom is 0.326 e. The van der Waals surface area contributed by atoms with Gasteiger partial charge in [-0.15, -0.1) is 0 Å². The summed E-state index contributed by atoms with van der Waals surface area (Å²) in [6, 6.07) is 6.46. The Morgan fingerprint density at radius 1 is 1.24 bits per heavy atom. The minimum absolute atomic E-state index is 0.363. The van der Waals surface area contributed by atoms with E-state index in [9.17, 15) is 19.1 Å². The molecular weight excluding hydrogens is 323 g/mol. The molecule has 2 aromatic rings. The van der Waals surface area contributed by atoms with Crippen molar-refractivity contribution in [2.24, 2.45) is 5.41 Å². The third kappa shape index (κ3) is 4.38. The Labute approximate surface area is 146 Å². The van der Waals surface area contributed by atoms with Crippen LogP contribution in [-0.2, 0) is 11.3 Å². The molecule has 0 saturated heterocycles. The number of aromatic nitrogens is 1. The average Bonchev–Trinajstić information content (AvgIpc) is 2.90. The van der Waals surface area contributed by atoms with E-state index in [0.29, 0.717) is 24.9 Å². The lowest BCUT2D eigenvalue weighted by Gasteiger charge is -2.27. The largest absolute Gasteiger partial charge is 0.480 e. The maximum absolute atomic E-state index is 12.7. The van der Waals surface area contributed by atoms with Gasteiger partial charge in [-0.3, -0.25) is 9.18 Å². The minimum Gasteiger partial charge on any atom is -0.480 e. The van der Waals surface area contributed by atoms with E-state index in [-0.39, 0.29) is 6.67 Å². The molecule has 2 N–H and O–H groups in total. The van der Waals surface area contributed by atoms with Crippen molar-refractivity contribution in [2.75, 3.05) is 6.67 Å². The summed E-state index contributed by atoms with van der Waals surface area (Å²) in [5.41, 5.74) is 0.710. The molecule has 0 saturated carbocycles. The molecule has 1 amide bonds. The number of para-hydroxylation sites is 1. The molecule has 0 aliphatic rings. The van der Waals surface area contributed by atoms with Crippen molar-refractivity contribution in [3.63, 3.8) is 0 Å². The highest BCUT2D eigenvalue weighted by molar-refractivity contribution is 6.08. The van der Waals surface area contributed by atoms with Gasteiger partial charge in [0.25, 0.3) is 5.91 Å². The number of fused-ring (bicyclic) bond motifs is 1. The molecule has 0 aliphatic carbocycles.